The van der Waals surface area contributed by atoms with Gasteiger partial charge in [-0.25, -0.2) is 0 Å². The molecule has 0 unspecified atom stereocenters. The van der Waals surface area contributed by atoms with Crippen LogP contribution in [0.4, 0.5) is 0 Å². The monoisotopic (exact) mass is 344 g/mol. The lowest BCUT2D eigenvalue weighted by Crippen LogP contribution is -2.46. The first-order valence-electron chi connectivity index (χ1n) is 9.62. The number of likely N-dealkylation sites (N-methyl/N-ethyl adjacent to an activating group) is 1. The van der Waals surface area contributed by atoms with Gasteiger partial charge in [0.05, 0.1) is 11.7 Å². The molecule has 25 heavy (non-hydrogen) atoms. The summed E-state index contributed by atoms with van der Waals surface area (Å²) < 4.78 is 6.47. The Morgan fingerprint density at radius 3 is 2.88 bits per heavy atom. The Hall–Kier alpha value is -1.39. The van der Waals surface area contributed by atoms with E-state index in [1.165, 1.54) is 17.5 Å². The van der Waals surface area contributed by atoms with Crippen molar-refractivity contribution in [2.45, 2.75) is 57.2 Å². The van der Waals surface area contributed by atoms with Gasteiger partial charge in [0.25, 0.3) is 0 Å². The van der Waals surface area contributed by atoms with E-state index < -0.39 is 0 Å². The van der Waals surface area contributed by atoms with E-state index in [2.05, 4.69) is 50.2 Å². The van der Waals surface area contributed by atoms with Crippen molar-refractivity contribution in [3.05, 3.63) is 35.4 Å². The highest BCUT2D eigenvalue weighted by atomic mass is 16.5. The maximum atomic E-state index is 12.7. The van der Waals surface area contributed by atoms with Crippen LogP contribution in [0.25, 0.3) is 0 Å². The molecule has 0 N–H and O–H groups in total. The molecule has 0 aliphatic carbocycles. The van der Waals surface area contributed by atoms with E-state index in [0.29, 0.717) is 12.5 Å². The smallest absolute Gasteiger partial charge is 0.223 e. The molecule has 4 nitrogen and oxygen atoms in total. The van der Waals surface area contributed by atoms with Crippen LogP contribution in [0.2, 0.25) is 0 Å². The van der Waals surface area contributed by atoms with Crippen molar-refractivity contribution in [1.82, 2.24) is 9.80 Å². The van der Waals surface area contributed by atoms with Crippen molar-refractivity contribution >= 4 is 5.91 Å². The van der Waals surface area contributed by atoms with Gasteiger partial charge in [0.1, 0.15) is 0 Å². The van der Waals surface area contributed by atoms with Crippen LogP contribution in [0.1, 0.15) is 43.2 Å². The van der Waals surface area contributed by atoms with E-state index in [1.54, 1.807) is 0 Å². The van der Waals surface area contributed by atoms with E-state index in [-0.39, 0.29) is 11.5 Å². The number of benzene rings is 1. The summed E-state index contributed by atoms with van der Waals surface area (Å²) in [7, 11) is 4.20. The minimum absolute atomic E-state index is 0.0861. The minimum atomic E-state index is -0.0861. The molecule has 3 rings (SSSR count). The van der Waals surface area contributed by atoms with Gasteiger partial charge in [0.15, 0.2) is 0 Å². The second-order valence-corrected chi connectivity index (χ2v) is 8.07. The molecule has 0 saturated carbocycles. The largest absolute Gasteiger partial charge is 0.369 e. The molecule has 1 amide bonds. The normalized spacial score (nSPS) is 26.6. The van der Waals surface area contributed by atoms with Crippen LogP contribution in [-0.4, -0.2) is 61.1 Å². The summed E-state index contributed by atoms with van der Waals surface area (Å²) in [6, 6.07) is 8.35. The van der Waals surface area contributed by atoms with Crippen molar-refractivity contribution in [2.24, 2.45) is 0 Å². The Balaban J connectivity index is 1.53. The van der Waals surface area contributed by atoms with Crippen LogP contribution in [0.15, 0.2) is 24.3 Å². The zero-order chi connectivity index (χ0) is 17.9. The topological polar surface area (TPSA) is 32.8 Å². The lowest BCUT2D eigenvalue weighted by Gasteiger charge is -2.39. The molecule has 2 fully saturated rings. The maximum absolute atomic E-state index is 12.7. The minimum Gasteiger partial charge on any atom is -0.369 e. The third-order valence-corrected chi connectivity index (χ3v) is 5.68. The Kier molecular flexibility index (Phi) is 5.80. The van der Waals surface area contributed by atoms with Crippen LogP contribution in [0, 0.1) is 6.92 Å². The SMILES string of the molecule is Cc1ccccc1CCC(=O)N1CC[C@]2(CCC[C@@H](CN(C)C)O2)C1. The number of hydrogen-bond donors (Lipinski definition) is 0. The highest BCUT2D eigenvalue weighted by Gasteiger charge is 2.44. The lowest BCUT2D eigenvalue weighted by atomic mass is 9.90. The van der Waals surface area contributed by atoms with Gasteiger partial charge < -0.3 is 14.5 Å². The fourth-order valence-electron chi connectivity index (χ4n) is 4.31. The number of aryl methyl sites for hydroxylation is 2. The van der Waals surface area contributed by atoms with Gasteiger partial charge in [0.2, 0.25) is 5.91 Å². The first-order valence-corrected chi connectivity index (χ1v) is 9.62. The molecule has 0 bridgehead atoms. The molecule has 138 valence electrons. The Morgan fingerprint density at radius 2 is 2.12 bits per heavy atom. The fourth-order valence-corrected chi connectivity index (χ4v) is 4.31. The zero-order valence-electron chi connectivity index (χ0n) is 16.0. The van der Waals surface area contributed by atoms with Crippen molar-refractivity contribution in [2.75, 3.05) is 33.7 Å². The Labute approximate surface area is 152 Å². The van der Waals surface area contributed by atoms with Gasteiger partial charge in [-0.05, 0) is 64.3 Å². The van der Waals surface area contributed by atoms with Crippen LogP contribution in [0.3, 0.4) is 0 Å². The molecule has 2 heterocycles. The molecule has 0 radical (unpaired) electrons. The average molecular weight is 344 g/mol. The van der Waals surface area contributed by atoms with Gasteiger partial charge in [-0.15, -0.1) is 0 Å². The van der Waals surface area contributed by atoms with E-state index in [1.807, 2.05) is 4.90 Å². The predicted molar refractivity (Wildman–Crippen MR) is 101 cm³/mol. The number of carbonyl (C=O) groups is 1. The van der Waals surface area contributed by atoms with Crippen LogP contribution in [-0.2, 0) is 16.0 Å². The van der Waals surface area contributed by atoms with E-state index in [9.17, 15) is 4.79 Å². The first-order chi connectivity index (χ1) is 12.0. The van der Waals surface area contributed by atoms with Gasteiger partial charge in [0, 0.05) is 26.1 Å². The van der Waals surface area contributed by atoms with E-state index in [4.69, 9.17) is 4.74 Å². The number of amides is 1. The maximum Gasteiger partial charge on any atom is 0.223 e. The molecule has 2 aliphatic rings. The van der Waals surface area contributed by atoms with Crippen molar-refractivity contribution in [1.29, 1.82) is 0 Å². The fraction of sp³-hybridized carbons (Fsp3) is 0.667. The Morgan fingerprint density at radius 1 is 1.32 bits per heavy atom. The quantitative estimate of drug-likeness (QED) is 0.823. The number of ether oxygens (including phenoxy) is 1. The molecule has 2 atom stereocenters. The van der Waals surface area contributed by atoms with Gasteiger partial charge in [-0.1, -0.05) is 24.3 Å². The van der Waals surface area contributed by atoms with E-state index in [0.717, 1.165) is 45.3 Å². The standard InChI is InChI=1S/C21H32N2O2/c1-17-7-4-5-8-18(17)10-11-20(24)23-14-13-21(16-23)12-6-9-19(25-21)15-22(2)3/h4-5,7-8,19H,6,9-16H2,1-3H3/t19-,21+/m0/s1. The third-order valence-electron chi connectivity index (χ3n) is 5.68. The summed E-state index contributed by atoms with van der Waals surface area (Å²) in [4.78, 5) is 16.9. The molecular weight excluding hydrogens is 312 g/mol. The molecule has 1 aromatic rings. The highest BCUT2D eigenvalue weighted by Crippen LogP contribution is 2.37. The number of rotatable bonds is 5. The Bertz CT molecular complexity index is 601. The molecular formula is C21H32N2O2. The van der Waals surface area contributed by atoms with Gasteiger partial charge >= 0.3 is 0 Å². The summed E-state index contributed by atoms with van der Waals surface area (Å²) in [5, 5.41) is 0. The highest BCUT2D eigenvalue weighted by molar-refractivity contribution is 5.77. The number of nitrogens with zero attached hydrogens (tertiary/aromatic N) is 2. The summed E-state index contributed by atoms with van der Waals surface area (Å²) in [6.07, 6.45) is 6.18. The average Bonchev–Trinajstić information content (AvgIpc) is 2.96. The third kappa shape index (κ3) is 4.62. The van der Waals surface area contributed by atoms with Crippen molar-refractivity contribution in [3.63, 3.8) is 0 Å². The summed E-state index contributed by atoms with van der Waals surface area (Å²) in [5.74, 6) is 0.276. The van der Waals surface area contributed by atoms with Crippen molar-refractivity contribution < 1.29 is 9.53 Å². The summed E-state index contributed by atoms with van der Waals surface area (Å²) in [6.45, 7) is 4.72. The van der Waals surface area contributed by atoms with Crippen LogP contribution < -0.4 is 0 Å². The lowest BCUT2D eigenvalue weighted by molar-refractivity contribution is -0.139. The van der Waals surface area contributed by atoms with Gasteiger partial charge in [-0.2, -0.15) is 0 Å². The molecule has 1 spiro atoms. The van der Waals surface area contributed by atoms with Gasteiger partial charge in [-0.3, -0.25) is 4.79 Å². The molecule has 4 heteroatoms. The predicted octanol–water partition coefficient (Wildman–Crippen LogP) is 3.03. The summed E-state index contributed by atoms with van der Waals surface area (Å²) in [5.41, 5.74) is 2.47. The van der Waals surface area contributed by atoms with Crippen LogP contribution >= 0.6 is 0 Å². The number of carbonyl (C=O) groups excluding carboxylic acids is 1. The van der Waals surface area contributed by atoms with Crippen LogP contribution in [0.5, 0.6) is 0 Å². The molecule has 2 saturated heterocycles. The first kappa shape index (κ1) is 18.4. The molecule has 2 aliphatic heterocycles. The molecule has 1 aromatic carbocycles. The number of likely N-dealkylation sites (tertiary alicyclic amines) is 1. The second kappa shape index (κ2) is 7.88. The zero-order valence-corrected chi connectivity index (χ0v) is 16.0. The van der Waals surface area contributed by atoms with E-state index >= 15 is 0 Å². The van der Waals surface area contributed by atoms with Crippen molar-refractivity contribution in [3.8, 4) is 0 Å². The summed E-state index contributed by atoms with van der Waals surface area (Å²) >= 11 is 0. The second-order valence-electron chi connectivity index (χ2n) is 8.07. The number of hydrogen-bond acceptors (Lipinski definition) is 3. The molecule has 0 aromatic heterocycles.